The van der Waals surface area contributed by atoms with Crippen LogP contribution in [0.1, 0.15) is 25.0 Å². The van der Waals surface area contributed by atoms with Crippen molar-refractivity contribution in [2.45, 2.75) is 19.3 Å². The van der Waals surface area contributed by atoms with Gasteiger partial charge < -0.3 is 0 Å². The lowest BCUT2D eigenvalue weighted by Gasteiger charge is -2.24. The van der Waals surface area contributed by atoms with E-state index in [9.17, 15) is 0 Å². The predicted molar refractivity (Wildman–Crippen MR) is 236 cm³/mol. The standard InChI is InChI=1S/C55H38/c1-55(2)49-28-16-15-21-39(49)40-31-30-38(34-50(40)55)52-43-24-11-14-27-46(43)54(47-32-29-37(33-48(47)52)35-17-5-3-6-18-35)53-44-25-12-9-22-41(44)51(36-19-7-4-8-20-36)42-23-10-13-26-45(42)53/h3-34H,1-2H3. The molecule has 0 aromatic heterocycles. The first-order valence-electron chi connectivity index (χ1n) is 19.4. The Morgan fingerprint density at radius 1 is 0.255 bits per heavy atom. The van der Waals surface area contributed by atoms with Crippen LogP contribution < -0.4 is 0 Å². The fraction of sp³-hybridized carbons (Fsp3) is 0.0545. The highest BCUT2D eigenvalue weighted by atomic mass is 14.4. The lowest BCUT2D eigenvalue weighted by Crippen LogP contribution is -2.14. The van der Waals surface area contributed by atoms with Crippen LogP contribution in [0.2, 0.25) is 0 Å². The van der Waals surface area contributed by atoms with Gasteiger partial charge in [-0.2, -0.15) is 0 Å². The SMILES string of the molecule is CC1(C)c2ccccc2-c2ccc(-c3c4ccccc4c(-c4c5ccccc5c(-c5ccccc5)c5ccccc45)c4ccc(-c5ccccc5)cc34)cc21. The highest BCUT2D eigenvalue weighted by molar-refractivity contribution is 6.30. The van der Waals surface area contributed by atoms with E-state index in [2.05, 4.69) is 208 Å². The quantitative estimate of drug-likeness (QED) is 0.161. The van der Waals surface area contributed by atoms with Crippen LogP contribution in [0.15, 0.2) is 194 Å². The van der Waals surface area contributed by atoms with Gasteiger partial charge in [0.25, 0.3) is 0 Å². The van der Waals surface area contributed by atoms with Crippen LogP contribution in [0.4, 0.5) is 0 Å². The van der Waals surface area contributed by atoms with Crippen molar-refractivity contribution in [1.29, 1.82) is 0 Å². The second kappa shape index (κ2) is 12.1. The molecule has 0 heterocycles. The zero-order chi connectivity index (χ0) is 36.7. The Bertz CT molecular complexity index is 3090. The molecule has 0 aliphatic heterocycles. The summed E-state index contributed by atoms with van der Waals surface area (Å²) in [6, 6.07) is 72.2. The summed E-state index contributed by atoms with van der Waals surface area (Å²) in [5.74, 6) is 0. The first kappa shape index (κ1) is 31.7. The Labute approximate surface area is 322 Å². The summed E-state index contributed by atoms with van der Waals surface area (Å²) in [6.45, 7) is 4.76. The molecular formula is C55H38. The fourth-order valence-electron chi connectivity index (χ4n) is 9.74. The van der Waals surface area contributed by atoms with Crippen molar-refractivity contribution in [3.05, 3.63) is 205 Å². The molecule has 55 heavy (non-hydrogen) atoms. The number of benzene rings is 10. The topological polar surface area (TPSA) is 0 Å². The van der Waals surface area contributed by atoms with E-state index in [1.807, 2.05) is 0 Å². The van der Waals surface area contributed by atoms with E-state index < -0.39 is 0 Å². The molecule has 0 saturated heterocycles. The molecule has 0 saturated carbocycles. The third-order valence-electron chi connectivity index (χ3n) is 12.2. The Morgan fingerprint density at radius 2 is 0.673 bits per heavy atom. The Morgan fingerprint density at radius 3 is 1.25 bits per heavy atom. The Balaban J connectivity index is 1.29. The first-order valence-corrected chi connectivity index (χ1v) is 19.4. The molecular weight excluding hydrogens is 661 g/mol. The van der Waals surface area contributed by atoms with Crippen molar-refractivity contribution in [3.63, 3.8) is 0 Å². The largest absolute Gasteiger partial charge is 0.0622 e. The Hall–Kier alpha value is -6.76. The minimum absolute atomic E-state index is 0.0962. The molecule has 11 rings (SSSR count). The van der Waals surface area contributed by atoms with Crippen molar-refractivity contribution < 1.29 is 0 Å². The third kappa shape index (κ3) is 4.71. The summed E-state index contributed by atoms with van der Waals surface area (Å²) in [5, 5.41) is 10.1. The van der Waals surface area contributed by atoms with Crippen molar-refractivity contribution >= 4 is 43.1 Å². The molecule has 0 fully saturated rings. The van der Waals surface area contributed by atoms with E-state index in [1.165, 1.54) is 110 Å². The van der Waals surface area contributed by atoms with Gasteiger partial charge in [0.1, 0.15) is 0 Å². The molecule has 0 nitrogen and oxygen atoms in total. The van der Waals surface area contributed by atoms with Gasteiger partial charge in [-0.15, -0.1) is 0 Å². The monoisotopic (exact) mass is 698 g/mol. The zero-order valence-corrected chi connectivity index (χ0v) is 31.0. The molecule has 1 aliphatic rings. The van der Waals surface area contributed by atoms with Crippen LogP contribution in [0.25, 0.3) is 98.7 Å². The molecule has 0 N–H and O–H groups in total. The van der Waals surface area contributed by atoms with Gasteiger partial charge in [0.15, 0.2) is 0 Å². The number of hydrogen-bond acceptors (Lipinski definition) is 0. The molecule has 0 unspecified atom stereocenters. The van der Waals surface area contributed by atoms with Crippen LogP contribution >= 0.6 is 0 Å². The summed E-state index contributed by atoms with van der Waals surface area (Å²) in [4.78, 5) is 0. The minimum Gasteiger partial charge on any atom is -0.0622 e. The maximum absolute atomic E-state index is 2.49. The van der Waals surface area contributed by atoms with Crippen LogP contribution in [0, 0.1) is 0 Å². The molecule has 0 amide bonds. The predicted octanol–water partition coefficient (Wildman–Crippen LogP) is 15.3. The van der Waals surface area contributed by atoms with E-state index in [0.29, 0.717) is 0 Å². The maximum atomic E-state index is 2.49. The number of rotatable bonds is 4. The average molecular weight is 699 g/mol. The van der Waals surface area contributed by atoms with Gasteiger partial charge in [-0.3, -0.25) is 0 Å². The average Bonchev–Trinajstić information content (AvgIpc) is 3.47. The van der Waals surface area contributed by atoms with Gasteiger partial charge in [0, 0.05) is 5.41 Å². The van der Waals surface area contributed by atoms with Crippen LogP contribution in [-0.2, 0) is 5.41 Å². The maximum Gasteiger partial charge on any atom is 0.0159 e. The molecule has 0 radical (unpaired) electrons. The summed E-state index contributed by atoms with van der Waals surface area (Å²) in [5.41, 5.74) is 15.5. The molecule has 0 bridgehead atoms. The van der Waals surface area contributed by atoms with E-state index in [1.54, 1.807) is 0 Å². The first-order chi connectivity index (χ1) is 27.1. The summed E-state index contributed by atoms with van der Waals surface area (Å²) in [6.07, 6.45) is 0. The van der Waals surface area contributed by atoms with E-state index in [-0.39, 0.29) is 5.41 Å². The minimum atomic E-state index is -0.0962. The van der Waals surface area contributed by atoms with Gasteiger partial charge in [-0.05, 0) is 122 Å². The van der Waals surface area contributed by atoms with Gasteiger partial charge in [0.2, 0.25) is 0 Å². The molecule has 10 aromatic carbocycles. The fourth-order valence-corrected chi connectivity index (χ4v) is 9.74. The number of fused-ring (bicyclic) bond motifs is 7. The second-order valence-corrected chi connectivity index (χ2v) is 15.6. The van der Waals surface area contributed by atoms with Gasteiger partial charge >= 0.3 is 0 Å². The molecule has 258 valence electrons. The van der Waals surface area contributed by atoms with Crippen molar-refractivity contribution in [2.75, 3.05) is 0 Å². The van der Waals surface area contributed by atoms with E-state index in [4.69, 9.17) is 0 Å². The van der Waals surface area contributed by atoms with Gasteiger partial charge in [-0.25, -0.2) is 0 Å². The van der Waals surface area contributed by atoms with Crippen LogP contribution in [0.3, 0.4) is 0 Å². The van der Waals surface area contributed by atoms with Crippen LogP contribution in [0.5, 0.6) is 0 Å². The van der Waals surface area contributed by atoms with Gasteiger partial charge in [-0.1, -0.05) is 196 Å². The van der Waals surface area contributed by atoms with Crippen molar-refractivity contribution in [3.8, 4) is 55.6 Å². The lowest BCUT2D eigenvalue weighted by molar-refractivity contribution is 0.660. The van der Waals surface area contributed by atoms with Gasteiger partial charge in [0.05, 0.1) is 0 Å². The normalized spacial score (nSPS) is 13.1. The summed E-state index contributed by atoms with van der Waals surface area (Å²) >= 11 is 0. The van der Waals surface area contributed by atoms with Crippen molar-refractivity contribution in [1.82, 2.24) is 0 Å². The molecule has 0 heteroatoms. The van der Waals surface area contributed by atoms with Crippen molar-refractivity contribution in [2.24, 2.45) is 0 Å². The molecule has 0 spiro atoms. The van der Waals surface area contributed by atoms with E-state index in [0.717, 1.165) is 0 Å². The summed E-state index contributed by atoms with van der Waals surface area (Å²) in [7, 11) is 0. The molecule has 0 atom stereocenters. The highest BCUT2D eigenvalue weighted by Crippen LogP contribution is 2.53. The Kier molecular flexibility index (Phi) is 7.00. The zero-order valence-electron chi connectivity index (χ0n) is 31.0. The molecule has 10 aromatic rings. The van der Waals surface area contributed by atoms with E-state index >= 15 is 0 Å². The van der Waals surface area contributed by atoms with Crippen LogP contribution in [-0.4, -0.2) is 0 Å². The second-order valence-electron chi connectivity index (χ2n) is 15.6. The third-order valence-corrected chi connectivity index (χ3v) is 12.2. The summed E-state index contributed by atoms with van der Waals surface area (Å²) < 4.78 is 0. The lowest BCUT2D eigenvalue weighted by atomic mass is 9.79. The highest BCUT2D eigenvalue weighted by Gasteiger charge is 2.35. The molecule has 1 aliphatic carbocycles. The number of hydrogen-bond donors (Lipinski definition) is 0. The smallest absolute Gasteiger partial charge is 0.0159 e.